The van der Waals surface area contributed by atoms with Crippen LogP contribution in [0.5, 0.6) is 0 Å². The number of para-hydroxylation sites is 1. The van der Waals surface area contributed by atoms with Crippen LogP contribution in [0, 0.1) is 5.82 Å². The SMILES string of the molecule is CC[C@@H](C)c1ccccc1NC(=O)[C@H](C)[NH+](C)CC(=O)Nc1ccc(F)cc1. The van der Waals surface area contributed by atoms with Crippen molar-refractivity contribution < 1.29 is 18.9 Å². The van der Waals surface area contributed by atoms with Crippen LogP contribution in [0.25, 0.3) is 0 Å². The van der Waals surface area contributed by atoms with Crippen LogP contribution in [0.1, 0.15) is 38.7 Å². The number of quaternary nitrogens is 1. The highest BCUT2D eigenvalue weighted by molar-refractivity contribution is 5.95. The van der Waals surface area contributed by atoms with Gasteiger partial charge in [0.2, 0.25) is 0 Å². The molecular formula is C22H29FN3O2+. The lowest BCUT2D eigenvalue weighted by atomic mass is 9.97. The summed E-state index contributed by atoms with van der Waals surface area (Å²) < 4.78 is 12.9. The van der Waals surface area contributed by atoms with E-state index in [0.717, 1.165) is 22.6 Å². The number of hydrogen-bond donors (Lipinski definition) is 3. The van der Waals surface area contributed by atoms with Crippen LogP contribution < -0.4 is 15.5 Å². The highest BCUT2D eigenvalue weighted by Gasteiger charge is 2.25. The lowest BCUT2D eigenvalue weighted by Crippen LogP contribution is -3.14. The number of likely N-dealkylation sites (N-methyl/N-ethyl adjacent to an activating group) is 1. The molecule has 2 aromatic carbocycles. The van der Waals surface area contributed by atoms with Crippen molar-refractivity contribution in [2.75, 3.05) is 24.2 Å². The Morgan fingerprint density at radius 1 is 1.04 bits per heavy atom. The molecule has 150 valence electrons. The molecule has 1 unspecified atom stereocenters. The van der Waals surface area contributed by atoms with Crippen molar-refractivity contribution in [3.8, 4) is 0 Å². The van der Waals surface area contributed by atoms with Gasteiger partial charge >= 0.3 is 0 Å². The largest absolute Gasteiger partial charge is 0.321 e. The molecule has 0 aromatic heterocycles. The number of nitrogens with one attached hydrogen (secondary N) is 3. The van der Waals surface area contributed by atoms with Gasteiger partial charge in [0.25, 0.3) is 11.8 Å². The van der Waals surface area contributed by atoms with E-state index >= 15 is 0 Å². The van der Waals surface area contributed by atoms with E-state index in [0.29, 0.717) is 11.6 Å². The van der Waals surface area contributed by atoms with Crippen LogP contribution >= 0.6 is 0 Å². The van der Waals surface area contributed by atoms with Crippen molar-refractivity contribution >= 4 is 23.2 Å². The summed E-state index contributed by atoms with van der Waals surface area (Å²) in [6.07, 6.45) is 0.983. The molecule has 0 saturated carbocycles. The van der Waals surface area contributed by atoms with E-state index < -0.39 is 6.04 Å². The first kappa shape index (κ1) is 21.6. The predicted molar refractivity (Wildman–Crippen MR) is 110 cm³/mol. The summed E-state index contributed by atoms with van der Waals surface area (Å²) in [4.78, 5) is 25.7. The minimum absolute atomic E-state index is 0.124. The standard InChI is InChI=1S/C22H28FN3O2/c1-5-15(2)19-8-6-7-9-20(19)25-22(28)16(3)26(4)14-21(27)24-18-12-10-17(23)11-13-18/h6-13,15-16H,5,14H2,1-4H3,(H,24,27)(H,25,28)/p+1/t15-,16+/m1/s1. The molecule has 0 aliphatic carbocycles. The van der Waals surface area contributed by atoms with Gasteiger partial charge in [-0.2, -0.15) is 0 Å². The zero-order chi connectivity index (χ0) is 20.7. The Labute approximate surface area is 165 Å². The van der Waals surface area contributed by atoms with Gasteiger partial charge in [-0.3, -0.25) is 9.59 Å². The molecule has 0 bridgehead atoms. The molecule has 0 fully saturated rings. The average Bonchev–Trinajstić information content (AvgIpc) is 2.68. The third kappa shape index (κ3) is 5.89. The quantitative estimate of drug-likeness (QED) is 0.653. The topological polar surface area (TPSA) is 62.6 Å². The van der Waals surface area contributed by atoms with Crippen LogP contribution in [0.2, 0.25) is 0 Å². The number of carbonyl (C=O) groups excluding carboxylic acids is 2. The first-order valence-corrected chi connectivity index (χ1v) is 9.59. The summed E-state index contributed by atoms with van der Waals surface area (Å²) in [5.41, 5.74) is 2.45. The van der Waals surface area contributed by atoms with Crippen molar-refractivity contribution in [2.24, 2.45) is 0 Å². The molecule has 5 nitrogen and oxygen atoms in total. The monoisotopic (exact) mass is 386 g/mol. The maximum Gasteiger partial charge on any atom is 0.282 e. The summed E-state index contributed by atoms with van der Waals surface area (Å²) >= 11 is 0. The van der Waals surface area contributed by atoms with E-state index in [1.54, 1.807) is 14.0 Å². The number of anilines is 2. The van der Waals surface area contributed by atoms with E-state index in [1.165, 1.54) is 24.3 Å². The first-order valence-electron chi connectivity index (χ1n) is 9.59. The molecule has 0 spiro atoms. The Balaban J connectivity index is 1.95. The third-order valence-corrected chi connectivity index (χ3v) is 5.06. The van der Waals surface area contributed by atoms with Gasteiger partial charge in [0, 0.05) is 11.4 Å². The average molecular weight is 386 g/mol. The minimum atomic E-state index is -0.413. The lowest BCUT2D eigenvalue weighted by molar-refractivity contribution is -0.885. The summed E-state index contributed by atoms with van der Waals surface area (Å²) in [7, 11) is 1.80. The van der Waals surface area contributed by atoms with Gasteiger partial charge in [-0.1, -0.05) is 32.0 Å². The number of amides is 2. The van der Waals surface area contributed by atoms with Crippen LogP contribution in [-0.4, -0.2) is 31.4 Å². The van der Waals surface area contributed by atoms with E-state index in [9.17, 15) is 14.0 Å². The first-order chi connectivity index (χ1) is 13.3. The molecule has 2 rings (SSSR count). The second-order valence-corrected chi connectivity index (χ2v) is 7.19. The molecule has 3 atom stereocenters. The van der Waals surface area contributed by atoms with Gasteiger partial charge in [0.1, 0.15) is 5.82 Å². The van der Waals surface area contributed by atoms with Crippen molar-refractivity contribution in [1.82, 2.24) is 0 Å². The molecule has 2 aromatic rings. The Morgan fingerprint density at radius 3 is 2.32 bits per heavy atom. The minimum Gasteiger partial charge on any atom is -0.321 e. The second-order valence-electron chi connectivity index (χ2n) is 7.19. The number of carbonyl (C=O) groups is 2. The lowest BCUT2D eigenvalue weighted by Gasteiger charge is -2.22. The van der Waals surface area contributed by atoms with E-state index in [2.05, 4.69) is 24.5 Å². The fraction of sp³-hybridized carbons (Fsp3) is 0.364. The fourth-order valence-electron chi connectivity index (χ4n) is 2.87. The van der Waals surface area contributed by atoms with Crippen molar-refractivity contribution in [3.63, 3.8) is 0 Å². The number of rotatable bonds is 8. The zero-order valence-electron chi connectivity index (χ0n) is 16.9. The van der Waals surface area contributed by atoms with Crippen LogP contribution in [0.4, 0.5) is 15.8 Å². The summed E-state index contributed by atoms with van der Waals surface area (Å²) in [5.74, 6) is -0.381. The molecule has 0 radical (unpaired) electrons. The molecule has 3 N–H and O–H groups in total. The third-order valence-electron chi connectivity index (χ3n) is 5.06. The summed E-state index contributed by atoms with van der Waals surface area (Å²) in [6, 6.07) is 13.0. The van der Waals surface area contributed by atoms with Crippen molar-refractivity contribution in [2.45, 2.75) is 39.2 Å². The maximum absolute atomic E-state index is 12.9. The van der Waals surface area contributed by atoms with Gasteiger partial charge in [-0.25, -0.2) is 4.39 Å². The van der Waals surface area contributed by atoms with Crippen LogP contribution in [-0.2, 0) is 9.59 Å². The van der Waals surface area contributed by atoms with E-state index in [-0.39, 0.29) is 24.2 Å². The van der Waals surface area contributed by atoms with Gasteiger partial charge in [0.05, 0.1) is 7.05 Å². The van der Waals surface area contributed by atoms with Crippen molar-refractivity contribution in [3.05, 3.63) is 59.9 Å². The Kier molecular flexibility index (Phi) is 7.70. The molecule has 0 aliphatic rings. The molecule has 6 heteroatoms. The van der Waals surface area contributed by atoms with Gasteiger partial charge in [-0.15, -0.1) is 0 Å². The van der Waals surface area contributed by atoms with Gasteiger partial charge in [0.15, 0.2) is 12.6 Å². The maximum atomic E-state index is 12.9. The van der Waals surface area contributed by atoms with Crippen LogP contribution in [0.15, 0.2) is 48.5 Å². The highest BCUT2D eigenvalue weighted by atomic mass is 19.1. The smallest absolute Gasteiger partial charge is 0.282 e. The van der Waals surface area contributed by atoms with Gasteiger partial charge in [-0.05, 0) is 55.2 Å². The second kappa shape index (κ2) is 9.99. The van der Waals surface area contributed by atoms with Crippen LogP contribution in [0.3, 0.4) is 0 Å². The predicted octanol–water partition coefficient (Wildman–Crippen LogP) is 2.82. The fourth-order valence-corrected chi connectivity index (χ4v) is 2.87. The Hall–Kier alpha value is -2.73. The van der Waals surface area contributed by atoms with E-state index in [1.807, 2.05) is 24.3 Å². The molecule has 0 heterocycles. The molecular weight excluding hydrogens is 357 g/mol. The van der Waals surface area contributed by atoms with E-state index in [4.69, 9.17) is 0 Å². The Morgan fingerprint density at radius 2 is 1.68 bits per heavy atom. The molecule has 0 aliphatic heterocycles. The number of benzene rings is 2. The summed E-state index contributed by atoms with van der Waals surface area (Å²) in [6.45, 7) is 6.16. The molecule has 2 amide bonds. The normalized spacial score (nSPS) is 14.0. The van der Waals surface area contributed by atoms with Gasteiger partial charge < -0.3 is 15.5 Å². The molecule has 28 heavy (non-hydrogen) atoms. The van der Waals surface area contributed by atoms with Crippen molar-refractivity contribution in [1.29, 1.82) is 0 Å². The summed E-state index contributed by atoms with van der Waals surface area (Å²) in [5, 5.41) is 5.72. The Bertz CT molecular complexity index is 808. The zero-order valence-corrected chi connectivity index (χ0v) is 16.9. The number of hydrogen-bond acceptors (Lipinski definition) is 2. The molecule has 0 saturated heterocycles. The number of halogens is 1. The highest BCUT2D eigenvalue weighted by Crippen LogP contribution is 2.26.